The predicted octanol–water partition coefficient (Wildman–Crippen LogP) is 2.12. The van der Waals surface area contributed by atoms with Gasteiger partial charge >= 0.3 is 6.03 Å². The van der Waals surface area contributed by atoms with Crippen molar-refractivity contribution in [3.63, 3.8) is 0 Å². The van der Waals surface area contributed by atoms with Crippen molar-refractivity contribution in [2.45, 2.75) is 31.8 Å². The van der Waals surface area contributed by atoms with Crippen molar-refractivity contribution in [2.75, 3.05) is 13.1 Å². The summed E-state index contributed by atoms with van der Waals surface area (Å²) in [5, 5.41) is 2.67. The summed E-state index contributed by atoms with van der Waals surface area (Å²) in [5.41, 5.74) is 3.48. The number of carbonyl (C=O) groups is 3. The number of benzene rings is 2. The molecule has 144 valence electrons. The van der Waals surface area contributed by atoms with E-state index in [0.29, 0.717) is 26.1 Å². The van der Waals surface area contributed by atoms with E-state index in [9.17, 15) is 14.4 Å². The van der Waals surface area contributed by atoms with E-state index in [-0.39, 0.29) is 18.2 Å². The Bertz CT molecular complexity index is 897. The van der Waals surface area contributed by atoms with E-state index in [2.05, 4.69) is 11.4 Å². The van der Waals surface area contributed by atoms with Crippen LogP contribution in [0.1, 0.15) is 23.1 Å². The van der Waals surface area contributed by atoms with E-state index in [4.69, 9.17) is 0 Å². The number of fused-ring (bicyclic) bond motifs is 1. The third-order valence-corrected chi connectivity index (χ3v) is 5.44. The second kappa shape index (κ2) is 7.84. The molecule has 6 heteroatoms. The monoisotopic (exact) mass is 377 g/mol. The first-order valence-corrected chi connectivity index (χ1v) is 9.62. The molecule has 0 aliphatic carbocycles. The van der Waals surface area contributed by atoms with Crippen LogP contribution < -0.4 is 5.32 Å². The number of amides is 4. The Labute approximate surface area is 164 Å². The van der Waals surface area contributed by atoms with Crippen LogP contribution in [0.4, 0.5) is 4.79 Å². The standard InChI is InChI=1S/C22H23N3O3/c26-20(24-12-11-17-8-4-5-9-18(17)15-24)14-19-21(27)25(22(28)23-19)13-10-16-6-2-1-3-7-16/h1-9,19H,10-15H2,(H,23,28). The van der Waals surface area contributed by atoms with Gasteiger partial charge in [0.25, 0.3) is 5.91 Å². The van der Waals surface area contributed by atoms with Crippen LogP contribution in [0.25, 0.3) is 0 Å². The van der Waals surface area contributed by atoms with Crippen molar-refractivity contribution < 1.29 is 14.4 Å². The van der Waals surface area contributed by atoms with Crippen molar-refractivity contribution in [1.29, 1.82) is 0 Å². The molecule has 1 atom stereocenters. The van der Waals surface area contributed by atoms with E-state index < -0.39 is 12.1 Å². The van der Waals surface area contributed by atoms with Crippen molar-refractivity contribution in [1.82, 2.24) is 15.1 Å². The molecule has 2 aliphatic heterocycles. The average Bonchev–Trinajstić information content (AvgIpc) is 2.99. The number of nitrogens with zero attached hydrogens (tertiary/aromatic N) is 2. The van der Waals surface area contributed by atoms with Crippen molar-refractivity contribution in [3.8, 4) is 0 Å². The van der Waals surface area contributed by atoms with Crippen molar-refractivity contribution in [3.05, 3.63) is 71.3 Å². The number of imide groups is 1. The van der Waals surface area contributed by atoms with Crippen LogP contribution >= 0.6 is 0 Å². The van der Waals surface area contributed by atoms with Crippen molar-refractivity contribution >= 4 is 17.8 Å². The van der Waals surface area contributed by atoms with Gasteiger partial charge in [0.15, 0.2) is 0 Å². The van der Waals surface area contributed by atoms with Crippen LogP contribution in [0.15, 0.2) is 54.6 Å². The fourth-order valence-corrected chi connectivity index (χ4v) is 3.82. The van der Waals surface area contributed by atoms with E-state index in [1.807, 2.05) is 48.5 Å². The minimum Gasteiger partial charge on any atom is -0.338 e. The summed E-state index contributed by atoms with van der Waals surface area (Å²) >= 11 is 0. The molecule has 2 aromatic carbocycles. The molecular weight excluding hydrogens is 354 g/mol. The van der Waals surface area contributed by atoms with Gasteiger partial charge in [-0.05, 0) is 29.5 Å². The summed E-state index contributed by atoms with van der Waals surface area (Å²) < 4.78 is 0. The topological polar surface area (TPSA) is 69.7 Å². The third-order valence-electron chi connectivity index (χ3n) is 5.44. The molecule has 1 saturated heterocycles. The van der Waals surface area contributed by atoms with Crippen molar-refractivity contribution in [2.24, 2.45) is 0 Å². The lowest BCUT2D eigenvalue weighted by molar-refractivity contribution is -0.136. The molecule has 1 unspecified atom stereocenters. The van der Waals surface area contributed by atoms with E-state index in [1.165, 1.54) is 10.5 Å². The summed E-state index contributed by atoms with van der Waals surface area (Å²) in [6.45, 7) is 1.51. The first-order valence-electron chi connectivity index (χ1n) is 9.62. The molecular formula is C22H23N3O3. The van der Waals surface area contributed by atoms with Gasteiger partial charge in [-0.2, -0.15) is 0 Å². The minimum atomic E-state index is -0.770. The van der Waals surface area contributed by atoms with Crippen LogP contribution in [0.2, 0.25) is 0 Å². The van der Waals surface area contributed by atoms with Gasteiger partial charge < -0.3 is 10.2 Å². The quantitative estimate of drug-likeness (QED) is 0.812. The molecule has 4 amide bonds. The second-order valence-corrected chi connectivity index (χ2v) is 7.27. The van der Waals surface area contributed by atoms with Gasteiger partial charge in [0.1, 0.15) is 6.04 Å². The third kappa shape index (κ3) is 3.76. The summed E-state index contributed by atoms with van der Waals surface area (Å²) in [4.78, 5) is 40.5. The van der Waals surface area contributed by atoms with Gasteiger partial charge in [-0.3, -0.25) is 14.5 Å². The van der Waals surface area contributed by atoms with Crippen LogP contribution in [0, 0.1) is 0 Å². The normalized spacial score (nSPS) is 18.8. The number of rotatable bonds is 5. The fourth-order valence-electron chi connectivity index (χ4n) is 3.82. The maximum absolute atomic E-state index is 12.7. The lowest BCUT2D eigenvalue weighted by atomic mass is 9.99. The first kappa shape index (κ1) is 18.2. The summed E-state index contributed by atoms with van der Waals surface area (Å²) in [7, 11) is 0. The summed E-state index contributed by atoms with van der Waals surface area (Å²) in [5.74, 6) is -0.412. The summed E-state index contributed by atoms with van der Waals surface area (Å²) in [6, 6.07) is 16.6. The van der Waals surface area contributed by atoms with Gasteiger partial charge in [0.05, 0.1) is 6.42 Å². The lowest BCUT2D eigenvalue weighted by Gasteiger charge is -2.29. The minimum absolute atomic E-state index is 0.00851. The highest BCUT2D eigenvalue weighted by molar-refractivity contribution is 6.05. The number of hydrogen-bond donors (Lipinski definition) is 1. The molecule has 0 radical (unpaired) electrons. The zero-order chi connectivity index (χ0) is 19.5. The Kier molecular flexibility index (Phi) is 5.10. The second-order valence-electron chi connectivity index (χ2n) is 7.27. The molecule has 0 aromatic heterocycles. The first-order chi connectivity index (χ1) is 13.6. The number of nitrogens with one attached hydrogen (secondary N) is 1. The van der Waals surface area contributed by atoms with E-state index >= 15 is 0 Å². The predicted molar refractivity (Wildman–Crippen MR) is 104 cm³/mol. The number of urea groups is 1. The highest BCUT2D eigenvalue weighted by Gasteiger charge is 2.39. The molecule has 2 aliphatic rings. The fraction of sp³-hybridized carbons (Fsp3) is 0.318. The number of carbonyl (C=O) groups excluding carboxylic acids is 3. The van der Waals surface area contributed by atoms with Gasteiger partial charge in [-0.15, -0.1) is 0 Å². The van der Waals surface area contributed by atoms with Gasteiger partial charge in [0, 0.05) is 19.6 Å². The molecule has 2 heterocycles. The molecule has 0 saturated carbocycles. The molecule has 1 fully saturated rings. The molecule has 0 spiro atoms. The maximum atomic E-state index is 12.7. The average molecular weight is 377 g/mol. The highest BCUT2D eigenvalue weighted by Crippen LogP contribution is 2.20. The molecule has 0 bridgehead atoms. The lowest BCUT2D eigenvalue weighted by Crippen LogP contribution is -2.41. The van der Waals surface area contributed by atoms with Crippen LogP contribution in [0.3, 0.4) is 0 Å². The molecule has 4 rings (SSSR count). The SMILES string of the molecule is O=C(CC1NC(=O)N(CCc2ccccc2)C1=O)N1CCc2ccccc2C1. The Hall–Kier alpha value is -3.15. The van der Waals surface area contributed by atoms with Crippen LogP contribution in [-0.2, 0) is 29.0 Å². The van der Waals surface area contributed by atoms with Gasteiger partial charge in [-0.25, -0.2) is 4.79 Å². The van der Waals surface area contributed by atoms with Gasteiger partial charge in [0.2, 0.25) is 5.91 Å². The molecule has 2 aromatic rings. The van der Waals surface area contributed by atoms with E-state index in [0.717, 1.165) is 17.5 Å². The largest absolute Gasteiger partial charge is 0.338 e. The summed E-state index contributed by atoms with van der Waals surface area (Å²) in [6.07, 6.45) is 1.42. The highest BCUT2D eigenvalue weighted by atomic mass is 16.2. The maximum Gasteiger partial charge on any atom is 0.324 e. The van der Waals surface area contributed by atoms with Crippen LogP contribution in [-0.4, -0.2) is 46.8 Å². The molecule has 28 heavy (non-hydrogen) atoms. The Morgan fingerprint density at radius 3 is 2.50 bits per heavy atom. The molecule has 6 nitrogen and oxygen atoms in total. The smallest absolute Gasteiger partial charge is 0.324 e. The van der Waals surface area contributed by atoms with Gasteiger partial charge in [-0.1, -0.05) is 54.6 Å². The molecule has 1 N–H and O–H groups in total. The number of hydrogen-bond acceptors (Lipinski definition) is 3. The zero-order valence-corrected chi connectivity index (χ0v) is 15.6. The zero-order valence-electron chi connectivity index (χ0n) is 15.6. The Morgan fingerprint density at radius 1 is 1.00 bits per heavy atom. The Balaban J connectivity index is 1.34. The Morgan fingerprint density at radius 2 is 1.71 bits per heavy atom. The van der Waals surface area contributed by atoms with Crippen LogP contribution in [0.5, 0.6) is 0 Å². The van der Waals surface area contributed by atoms with E-state index in [1.54, 1.807) is 4.90 Å².